The van der Waals surface area contributed by atoms with Crippen molar-refractivity contribution in [3.8, 4) is 0 Å². The Balaban J connectivity index is 2.13. The fraction of sp³-hybridized carbons (Fsp3) is 0.0714. The van der Waals surface area contributed by atoms with E-state index >= 15 is 0 Å². The van der Waals surface area contributed by atoms with Crippen molar-refractivity contribution >= 4 is 28.9 Å². The topological polar surface area (TPSA) is 43.8 Å². The third-order valence-corrected chi connectivity index (χ3v) is 3.29. The van der Waals surface area contributed by atoms with Gasteiger partial charge in [0.2, 0.25) is 0 Å². The second-order valence-corrected chi connectivity index (χ2v) is 4.71. The summed E-state index contributed by atoms with van der Waals surface area (Å²) < 4.78 is 0. The molecule has 0 saturated carbocycles. The highest BCUT2D eigenvalue weighted by Gasteiger charge is 2.28. The summed E-state index contributed by atoms with van der Waals surface area (Å²) in [6.45, 7) is 0.0796. The predicted molar refractivity (Wildman–Crippen MR) is 72.9 cm³/mol. The average Bonchev–Trinajstić information content (AvgIpc) is 2.43. The fourth-order valence-corrected chi connectivity index (χ4v) is 2.35. The molecule has 3 rings (SSSR count). The number of hydrogen-bond acceptors (Lipinski definition) is 3. The summed E-state index contributed by atoms with van der Waals surface area (Å²) >= 11 is 5.99. The number of anilines is 2. The van der Waals surface area contributed by atoms with Crippen LogP contribution in [0.2, 0.25) is 5.02 Å². The molecule has 0 aliphatic carbocycles. The van der Waals surface area contributed by atoms with Crippen LogP contribution in [0.4, 0.5) is 11.4 Å². The summed E-state index contributed by atoms with van der Waals surface area (Å²) in [7, 11) is 0. The highest BCUT2D eigenvalue weighted by molar-refractivity contribution is 6.30. The van der Waals surface area contributed by atoms with E-state index in [0.29, 0.717) is 15.6 Å². The number of rotatable bonds is 1. The monoisotopic (exact) mass is 274 g/mol. The maximum Gasteiger partial charge on any atom is 0.281 e. The van der Waals surface area contributed by atoms with Gasteiger partial charge in [-0.2, -0.15) is 5.06 Å². The normalized spacial score (nSPS) is 14.5. The maximum absolute atomic E-state index is 11.9. The average molecular weight is 275 g/mol. The maximum atomic E-state index is 11.9. The number of fused-ring (bicyclic) bond motifs is 1. The Kier molecular flexibility index (Phi) is 2.89. The molecule has 0 radical (unpaired) electrons. The minimum atomic E-state index is -0.395. The molecule has 0 aromatic heterocycles. The molecule has 2 aromatic rings. The largest absolute Gasteiger partial charge is 0.320 e. The zero-order valence-electron chi connectivity index (χ0n) is 9.95. The second kappa shape index (κ2) is 4.57. The first-order chi connectivity index (χ1) is 9.16. The van der Waals surface area contributed by atoms with Gasteiger partial charge in [-0.15, -0.1) is 0 Å². The van der Waals surface area contributed by atoms with Crippen LogP contribution in [-0.4, -0.2) is 22.8 Å². The first-order valence-electron chi connectivity index (χ1n) is 5.80. The lowest BCUT2D eigenvalue weighted by molar-refractivity contribution is -0.0583. The molecule has 0 unspecified atom stereocenters. The molecule has 4 nitrogen and oxygen atoms in total. The standard InChI is InChI=1S/C14H11ClN2O2/c15-10-4-3-5-11(8-10)16-9-17(19)14(18)12-6-1-2-7-13(12)16/h1-8,19H,9H2. The van der Waals surface area contributed by atoms with Gasteiger partial charge in [-0.05, 0) is 30.3 Å². The van der Waals surface area contributed by atoms with Crippen LogP contribution in [0.25, 0.3) is 0 Å². The summed E-state index contributed by atoms with van der Waals surface area (Å²) in [6.07, 6.45) is 0. The molecule has 0 bridgehead atoms. The van der Waals surface area contributed by atoms with Crippen LogP contribution in [0, 0.1) is 0 Å². The lowest BCUT2D eigenvalue weighted by atomic mass is 10.1. The van der Waals surface area contributed by atoms with Gasteiger partial charge in [0.15, 0.2) is 0 Å². The quantitative estimate of drug-likeness (QED) is 0.812. The van der Waals surface area contributed by atoms with E-state index in [9.17, 15) is 10.0 Å². The van der Waals surface area contributed by atoms with Crippen molar-refractivity contribution in [2.45, 2.75) is 0 Å². The molecule has 0 saturated heterocycles. The molecule has 1 N–H and O–H groups in total. The summed E-state index contributed by atoms with van der Waals surface area (Å²) in [6, 6.07) is 14.5. The van der Waals surface area contributed by atoms with E-state index in [2.05, 4.69) is 0 Å². The number of hydrogen-bond donors (Lipinski definition) is 1. The van der Waals surface area contributed by atoms with Crippen LogP contribution in [0.3, 0.4) is 0 Å². The SMILES string of the molecule is O=C1c2ccccc2N(c2cccc(Cl)c2)CN1O. The number of amides is 1. The lowest BCUT2D eigenvalue weighted by Crippen LogP contribution is -2.42. The van der Waals surface area contributed by atoms with Crippen LogP contribution < -0.4 is 4.90 Å². The van der Waals surface area contributed by atoms with Crippen molar-refractivity contribution in [1.82, 2.24) is 5.06 Å². The van der Waals surface area contributed by atoms with Crippen molar-refractivity contribution in [1.29, 1.82) is 0 Å². The summed E-state index contributed by atoms with van der Waals surface area (Å²) in [5.41, 5.74) is 2.06. The van der Waals surface area contributed by atoms with Crippen LogP contribution in [0.15, 0.2) is 48.5 Å². The third-order valence-electron chi connectivity index (χ3n) is 3.05. The lowest BCUT2D eigenvalue weighted by Gasteiger charge is -2.34. The Bertz CT molecular complexity index is 645. The highest BCUT2D eigenvalue weighted by atomic mass is 35.5. The molecule has 5 heteroatoms. The van der Waals surface area contributed by atoms with Gasteiger partial charge in [-0.3, -0.25) is 10.0 Å². The van der Waals surface area contributed by atoms with Crippen molar-refractivity contribution in [2.24, 2.45) is 0 Å². The molecule has 1 amide bonds. The van der Waals surface area contributed by atoms with Gasteiger partial charge in [0.05, 0.1) is 11.3 Å². The molecule has 2 aromatic carbocycles. The summed E-state index contributed by atoms with van der Waals surface area (Å²) in [4.78, 5) is 13.7. The van der Waals surface area contributed by atoms with E-state index in [1.807, 2.05) is 29.2 Å². The van der Waals surface area contributed by atoms with Gasteiger partial charge in [0.25, 0.3) is 5.91 Å². The number of nitrogens with zero attached hydrogens (tertiary/aromatic N) is 2. The van der Waals surface area contributed by atoms with Crippen LogP contribution >= 0.6 is 11.6 Å². The first-order valence-corrected chi connectivity index (χ1v) is 6.17. The third kappa shape index (κ3) is 2.05. The van der Waals surface area contributed by atoms with Crippen molar-refractivity contribution in [2.75, 3.05) is 11.6 Å². The van der Waals surface area contributed by atoms with E-state index < -0.39 is 5.91 Å². The number of carbonyl (C=O) groups is 1. The number of para-hydroxylation sites is 1. The van der Waals surface area contributed by atoms with E-state index in [0.717, 1.165) is 11.4 Å². The van der Waals surface area contributed by atoms with Crippen LogP contribution in [-0.2, 0) is 0 Å². The Hall–Kier alpha value is -2.04. The minimum absolute atomic E-state index is 0.0796. The Morgan fingerprint density at radius 1 is 1.11 bits per heavy atom. The number of halogens is 1. The molecule has 0 atom stereocenters. The Labute approximate surface area is 115 Å². The van der Waals surface area contributed by atoms with Gasteiger partial charge in [-0.1, -0.05) is 29.8 Å². The molecule has 1 aliphatic rings. The minimum Gasteiger partial charge on any atom is -0.320 e. The van der Waals surface area contributed by atoms with Gasteiger partial charge in [0, 0.05) is 10.7 Å². The van der Waals surface area contributed by atoms with Crippen LogP contribution in [0.1, 0.15) is 10.4 Å². The zero-order chi connectivity index (χ0) is 13.4. The summed E-state index contributed by atoms with van der Waals surface area (Å²) in [5, 5.41) is 11.0. The van der Waals surface area contributed by atoms with E-state index in [4.69, 9.17) is 11.6 Å². The van der Waals surface area contributed by atoms with Gasteiger partial charge < -0.3 is 4.90 Å². The smallest absolute Gasteiger partial charge is 0.281 e. The molecule has 1 aliphatic heterocycles. The van der Waals surface area contributed by atoms with Gasteiger partial charge in [-0.25, -0.2) is 0 Å². The fourth-order valence-electron chi connectivity index (χ4n) is 2.17. The zero-order valence-corrected chi connectivity index (χ0v) is 10.7. The molecule has 1 heterocycles. The van der Waals surface area contributed by atoms with Crippen molar-refractivity contribution in [3.63, 3.8) is 0 Å². The number of carbonyl (C=O) groups excluding carboxylic acids is 1. The first kappa shape index (κ1) is 12.0. The van der Waals surface area contributed by atoms with Crippen molar-refractivity contribution in [3.05, 3.63) is 59.1 Å². The molecule has 0 fully saturated rings. The van der Waals surface area contributed by atoms with E-state index in [1.54, 1.807) is 24.3 Å². The molecule has 0 spiro atoms. The predicted octanol–water partition coefficient (Wildman–Crippen LogP) is 3.28. The van der Waals surface area contributed by atoms with Gasteiger partial charge >= 0.3 is 0 Å². The molecular weight excluding hydrogens is 264 g/mol. The van der Waals surface area contributed by atoms with E-state index in [1.165, 1.54) is 0 Å². The van der Waals surface area contributed by atoms with Crippen molar-refractivity contribution < 1.29 is 10.0 Å². The van der Waals surface area contributed by atoms with Gasteiger partial charge in [0.1, 0.15) is 6.67 Å². The second-order valence-electron chi connectivity index (χ2n) is 4.27. The number of hydroxylamine groups is 2. The summed E-state index contributed by atoms with van der Waals surface area (Å²) in [5.74, 6) is -0.395. The molecule has 96 valence electrons. The Morgan fingerprint density at radius 3 is 2.68 bits per heavy atom. The molecular formula is C14H11ClN2O2. The van der Waals surface area contributed by atoms with Crippen LogP contribution in [0.5, 0.6) is 0 Å². The highest BCUT2D eigenvalue weighted by Crippen LogP contribution is 2.33. The van der Waals surface area contributed by atoms with E-state index in [-0.39, 0.29) is 6.67 Å². The number of benzene rings is 2. The Morgan fingerprint density at radius 2 is 1.89 bits per heavy atom. The molecule has 19 heavy (non-hydrogen) atoms.